The smallest absolute Gasteiger partial charge is 0.305 e. The first-order valence-electron chi connectivity index (χ1n) is 6.24. The van der Waals surface area contributed by atoms with E-state index in [0.29, 0.717) is 31.6 Å². The van der Waals surface area contributed by atoms with E-state index in [0.717, 1.165) is 10.0 Å². The lowest BCUT2D eigenvalue weighted by atomic mass is 10.1. The highest BCUT2D eigenvalue weighted by Crippen LogP contribution is 2.17. The van der Waals surface area contributed by atoms with Crippen molar-refractivity contribution in [2.24, 2.45) is 0 Å². The van der Waals surface area contributed by atoms with Gasteiger partial charge >= 0.3 is 5.97 Å². The standard InChI is InChI=1S/C14H18BrNO3/c1-3-19-13(17)5-4-8-16-14(18)11-9-10(2)6-7-12(11)15/h6-7,9H,3-5,8H2,1-2H3,(H,16,18). The van der Waals surface area contributed by atoms with Crippen molar-refractivity contribution in [2.75, 3.05) is 13.2 Å². The lowest BCUT2D eigenvalue weighted by molar-refractivity contribution is -0.143. The third kappa shape index (κ3) is 5.42. The van der Waals surface area contributed by atoms with Crippen LogP contribution < -0.4 is 5.32 Å². The molecule has 0 atom stereocenters. The Balaban J connectivity index is 2.39. The SMILES string of the molecule is CCOC(=O)CCCNC(=O)c1cc(C)ccc1Br. The minimum atomic E-state index is -0.228. The van der Waals surface area contributed by atoms with Gasteiger partial charge < -0.3 is 10.1 Å². The van der Waals surface area contributed by atoms with Crippen LogP contribution in [0.15, 0.2) is 22.7 Å². The van der Waals surface area contributed by atoms with Crippen molar-refractivity contribution < 1.29 is 14.3 Å². The lowest BCUT2D eigenvalue weighted by Crippen LogP contribution is -2.25. The summed E-state index contributed by atoms with van der Waals surface area (Å²) in [5.74, 6) is -0.368. The minimum Gasteiger partial charge on any atom is -0.466 e. The normalized spacial score (nSPS) is 10.1. The monoisotopic (exact) mass is 327 g/mol. The number of esters is 1. The van der Waals surface area contributed by atoms with Crippen molar-refractivity contribution in [3.63, 3.8) is 0 Å². The molecule has 1 amide bonds. The van der Waals surface area contributed by atoms with E-state index in [1.54, 1.807) is 6.92 Å². The molecular weight excluding hydrogens is 310 g/mol. The molecule has 0 fully saturated rings. The van der Waals surface area contributed by atoms with Gasteiger partial charge in [0.05, 0.1) is 12.2 Å². The molecule has 0 bridgehead atoms. The van der Waals surface area contributed by atoms with E-state index < -0.39 is 0 Å². The van der Waals surface area contributed by atoms with Crippen molar-refractivity contribution in [3.05, 3.63) is 33.8 Å². The summed E-state index contributed by atoms with van der Waals surface area (Å²) in [5.41, 5.74) is 1.64. The molecule has 0 saturated carbocycles. The lowest BCUT2D eigenvalue weighted by Gasteiger charge is -2.07. The number of hydrogen-bond acceptors (Lipinski definition) is 3. The zero-order chi connectivity index (χ0) is 14.3. The van der Waals surface area contributed by atoms with Crippen molar-refractivity contribution in [1.29, 1.82) is 0 Å². The summed E-state index contributed by atoms with van der Waals surface area (Å²) < 4.78 is 5.57. The van der Waals surface area contributed by atoms with Crippen molar-refractivity contribution in [3.8, 4) is 0 Å². The summed E-state index contributed by atoms with van der Waals surface area (Å²) in [6, 6.07) is 5.61. The van der Waals surface area contributed by atoms with E-state index >= 15 is 0 Å². The van der Waals surface area contributed by atoms with Gasteiger partial charge in [0, 0.05) is 17.4 Å². The van der Waals surface area contributed by atoms with Gasteiger partial charge in [-0.15, -0.1) is 0 Å². The summed E-state index contributed by atoms with van der Waals surface area (Å²) >= 11 is 3.35. The second-order valence-corrected chi connectivity index (χ2v) is 5.00. The minimum absolute atomic E-state index is 0.139. The van der Waals surface area contributed by atoms with Crippen LogP contribution in [-0.2, 0) is 9.53 Å². The highest BCUT2D eigenvalue weighted by molar-refractivity contribution is 9.10. The van der Waals surface area contributed by atoms with Crippen LogP contribution in [0.3, 0.4) is 0 Å². The highest BCUT2D eigenvalue weighted by atomic mass is 79.9. The summed E-state index contributed by atoms with van der Waals surface area (Å²) in [6.07, 6.45) is 0.900. The fourth-order valence-corrected chi connectivity index (χ4v) is 2.00. The Morgan fingerprint density at radius 3 is 2.79 bits per heavy atom. The van der Waals surface area contributed by atoms with E-state index in [2.05, 4.69) is 21.2 Å². The number of rotatable bonds is 6. The fraction of sp³-hybridized carbons (Fsp3) is 0.429. The van der Waals surface area contributed by atoms with Crippen molar-refractivity contribution in [2.45, 2.75) is 26.7 Å². The topological polar surface area (TPSA) is 55.4 Å². The highest BCUT2D eigenvalue weighted by Gasteiger charge is 2.09. The second-order valence-electron chi connectivity index (χ2n) is 4.15. The molecule has 0 unspecified atom stereocenters. The first-order chi connectivity index (χ1) is 9.04. The first kappa shape index (κ1) is 15.7. The molecule has 0 aliphatic carbocycles. The maximum absolute atomic E-state index is 11.9. The molecule has 0 saturated heterocycles. The van der Waals surface area contributed by atoms with E-state index in [1.165, 1.54) is 0 Å². The molecule has 1 rings (SSSR count). The number of aryl methyl sites for hydroxylation is 1. The van der Waals surface area contributed by atoms with E-state index in [4.69, 9.17) is 4.74 Å². The van der Waals surface area contributed by atoms with Crippen LogP contribution in [0.5, 0.6) is 0 Å². The zero-order valence-electron chi connectivity index (χ0n) is 11.2. The average molecular weight is 328 g/mol. The number of ether oxygens (including phenoxy) is 1. The van der Waals surface area contributed by atoms with Gasteiger partial charge in [0.25, 0.3) is 5.91 Å². The summed E-state index contributed by atoms with van der Waals surface area (Å²) in [4.78, 5) is 23.0. The predicted molar refractivity (Wildman–Crippen MR) is 77.1 cm³/mol. The Bertz CT molecular complexity index is 460. The van der Waals surface area contributed by atoms with Gasteiger partial charge in [-0.1, -0.05) is 11.6 Å². The molecule has 0 spiro atoms. The molecule has 0 aliphatic rings. The van der Waals surface area contributed by atoms with Crippen LogP contribution in [-0.4, -0.2) is 25.0 Å². The van der Waals surface area contributed by atoms with Crippen LogP contribution in [0, 0.1) is 6.92 Å². The van der Waals surface area contributed by atoms with E-state index in [9.17, 15) is 9.59 Å². The number of halogens is 1. The van der Waals surface area contributed by atoms with E-state index in [-0.39, 0.29) is 11.9 Å². The Labute approximate surface area is 121 Å². The second kappa shape index (κ2) is 7.94. The van der Waals surface area contributed by atoms with Crippen molar-refractivity contribution >= 4 is 27.8 Å². The van der Waals surface area contributed by atoms with Crippen LogP contribution in [0.1, 0.15) is 35.7 Å². The fourth-order valence-electron chi connectivity index (χ4n) is 1.58. The van der Waals surface area contributed by atoms with Gasteiger partial charge in [-0.25, -0.2) is 0 Å². The molecule has 19 heavy (non-hydrogen) atoms. The van der Waals surface area contributed by atoms with Crippen LogP contribution in [0.4, 0.5) is 0 Å². The molecule has 0 heterocycles. The third-order valence-electron chi connectivity index (χ3n) is 2.52. The Morgan fingerprint density at radius 1 is 1.37 bits per heavy atom. The molecule has 104 valence electrons. The molecule has 0 aromatic heterocycles. The van der Waals surface area contributed by atoms with Crippen LogP contribution in [0.2, 0.25) is 0 Å². The number of hydrogen-bond donors (Lipinski definition) is 1. The Kier molecular flexibility index (Phi) is 6.56. The van der Waals surface area contributed by atoms with Gasteiger partial charge in [-0.2, -0.15) is 0 Å². The first-order valence-corrected chi connectivity index (χ1v) is 7.04. The number of carbonyl (C=O) groups excluding carboxylic acids is 2. The number of carbonyl (C=O) groups is 2. The average Bonchev–Trinajstić information content (AvgIpc) is 2.37. The third-order valence-corrected chi connectivity index (χ3v) is 3.21. The maximum atomic E-state index is 11.9. The Hall–Kier alpha value is -1.36. The van der Waals surface area contributed by atoms with Crippen LogP contribution in [0.25, 0.3) is 0 Å². The van der Waals surface area contributed by atoms with Gasteiger partial charge in [-0.05, 0) is 48.3 Å². The number of benzene rings is 1. The molecule has 0 radical (unpaired) electrons. The van der Waals surface area contributed by atoms with Gasteiger partial charge in [-0.3, -0.25) is 9.59 Å². The summed E-state index contributed by atoms with van der Waals surface area (Å²) in [7, 11) is 0. The molecule has 1 aromatic rings. The summed E-state index contributed by atoms with van der Waals surface area (Å²) in [6.45, 7) is 4.55. The van der Waals surface area contributed by atoms with Crippen LogP contribution >= 0.6 is 15.9 Å². The summed E-state index contributed by atoms with van der Waals surface area (Å²) in [5, 5.41) is 2.79. The number of nitrogens with one attached hydrogen (secondary N) is 1. The molecule has 5 heteroatoms. The van der Waals surface area contributed by atoms with Gasteiger partial charge in [0.15, 0.2) is 0 Å². The predicted octanol–water partition coefficient (Wildman–Crippen LogP) is 2.83. The largest absolute Gasteiger partial charge is 0.466 e. The van der Waals surface area contributed by atoms with Crippen molar-refractivity contribution in [1.82, 2.24) is 5.32 Å². The number of amides is 1. The Morgan fingerprint density at radius 2 is 2.11 bits per heavy atom. The van der Waals surface area contributed by atoms with E-state index in [1.807, 2.05) is 25.1 Å². The molecule has 4 nitrogen and oxygen atoms in total. The molecule has 0 aliphatic heterocycles. The van der Waals surface area contributed by atoms with Gasteiger partial charge in [0.1, 0.15) is 0 Å². The molecule has 1 aromatic carbocycles. The van der Waals surface area contributed by atoms with Gasteiger partial charge in [0.2, 0.25) is 0 Å². The quantitative estimate of drug-likeness (QED) is 0.645. The molecular formula is C14H18BrNO3. The zero-order valence-corrected chi connectivity index (χ0v) is 12.7. The molecule has 1 N–H and O–H groups in total. The maximum Gasteiger partial charge on any atom is 0.305 e.